The van der Waals surface area contributed by atoms with Crippen molar-refractivity contribution in [2.75, 3.05) is 11.9 Å². The summed E-state index contributed by atoms with van der Waals surface area (Å²) in [6.45, 7) is 0.129. The third-order valence-electron chi connectivity index (χ3n) is 2.81. The molecule has 0 saturated carbocycles. The van der Waals surface area contributed by atoms with Crippen molar-refractivity contribution in [2.45, 2.75) is 6.61 Å². The maximum Gasteiger partial charge on any atom is 0.255 e. The van der Waals surface area contributed by atoms with Gasteiger partial charge in [0.25, 0.3) is 5.91 Å². The predicted molar refractivity (Wildman–Crippen MR) is 81.1 cm³/mol. The first-order valence-corrected chi connectivity index (χ1v) is 6.40. The van der Waals surface area contributed by atoms with Gasteiger partial charge in [0, 0.05) is 11.3 Å². The van der Waals surface area contributed by atoms with Gasteiger partial charge in [0.1, 0.15) is 12.4 Å². The van der Waals surface area contributed by atoms with Crippen LogP contribution in [0.15, 0.2) is 48.5 Å². The lowest BCUT2D eigenvalue weighted by molar-refractivity contribution is 0.102. The number of ether oxygens (including phenoxy) is 1. The number of terminal acetylenes is 1. The lowest BCUT2D eigenvalue weighted by Crippen LogP contribution is -2.11. The zero-order valence-corrected chi connectivity index (χ0v) is 11.4. The van der Waals surface area contributed by atoms with Gasteiger partial charge < -0.3 is 15.2 Å². The second-order valence-corrected chi connectivity index (χ2v) is 4.33. The van der Waals surface area contributed by atoms with E-state index in [4.69, 9.17) is 16.3 Å². The summed E-state index contributed by atoms with van der Waals surface area (Å²) >= 11 is 0. The van der Waals surface area contributed by atoms with Gasteiger partial charge in [-0.15, -0.1) is 6.42 Å². The molecule has 106 valence electrons. The van der Waals surface area contributed by atoms with Crippen LogP contribution in [0.2, 0.25) is 0 Å². The summed E-state index contributed by atoms with van der Waals surface area (Å²) in [6, 6.07) is 13.8. The summed E-state index contributed by atoms with van der Waals surface area (Å²) in [6.07, 6.45) is 5.11. The van der Waals surface area contributed by atoms with Crippen LogP contribution in [0.5, 0.6) is 5.75 Å². The van der Waals surface area contributed by atoms with Crippen molar-refractivity contribution in [3.8, 4) is 18.1 Å². The molecule has 2 aromatic carbocycles. The standard InChI is InChI=1S/C17H15NO3/c1-2-10-21-16-8-6-14(7-9-16)17(20)18-15-5-3-4-13(11-15)12-19/h1,3-9,11,19H,10,12H2,(H,18,20). The Labute approximate surface area is 123 Å². The topological polar surface area (TPSA) is 58.6 Å². The maximum atomic E-state index is 12.1. The van der Waals surface area contributed by atoms with Gasteiger partial charge in [0.05, 0.1) is 6.61 Å². The van der Waals surface area contributed by atoms with Gasteiger partial charge in [-0.2, -0.15) is 0 Å². The molecule has 0 saturated heterocycles. The molecule has 0 aliphatic carbocycles. The highest BCUT2D eigenvalue weighted by Gasteiger charge is 2.06. The van der Waals surface area contributed by atoms with Crippen molar-refractivity contribution in [1.29, 1.82) is 0 Å². The average molecular weight is 281 g/mol. The summed E-state index contributed by atoms with van der Waals surface area (Å²) < 4.78 is 5.24. The largest absolute Gasteiger partial charge is 0.481 e. The lowest BCUT2D eigenvalue weighted by Gasteiger charge is -2.07. The molecule has 0 aromatic heterocycles. The number of rotatable bonds is 5. The molecule has 4 nitrogen and oxygen atoms in total. The third kappa shape index (κ3) is 4.10. The van der Waals surface area contributed by atoms with E-state index in [-0.39, 0.29) is 19.1 Å². The Morgan fingerprint density at radius 3 is 2.67 bits per heavy atom. The number of anilines is 1. The number of nitrogens with one attached hydrogen (secondary N) is 1. The van der Waals surface area contributed by atoms with Gasteiger partial charge in [-0.3, -0.25) is 4.79 Å². The number of carbonyl (C=O) groups is 1. The fraction of sp³-hybridized carbons (Fsp3) is 0.118. The second kappa shape index (κ2) is 7.13. The van der Waals surface area contributed by atoms with Crippen LogP contribution in [0.3, 0.4) is 0 Å². The molecule has 0 fully saturated rings. The van der Waals surface area contributed by atoms with E-state index < -0.39 is 0 Å². The summed E-state index contributed by atoms with van der Waals surface area (Å²) in [5, 5.41) is 11.8. The number of aliphatic hydroxyl groups excluding tert-OH is 1. The van der Waals surface area contributed by atoms with E-state index >= 15 is 0 Å². The van der Waals surface area contributed by atoms with Crippen molar-refractivity contribution < 1.29 is 14.6 Å². The molecule has 2 aromatic rings. The SMILES string of the molecule is C#CCOc1ccc(C(=O)Nc2cccc(CO)c2)cc1. The number of benzene rings is 2. The fourth-order valence-corrected chi connectivity index (χ4v) is 1.78. The molecule has 0 unspecified atom stereocenters. The van der Waals surface area contributed by atoms with E-state index in [0.717, 1.165) is 5.56 Å². The Hall–Kier alpha value is -2.77. The quantitative estimate of drug-likeness (QED) is 0.828. The Morgan fingerprint density at radius 1 is 1.24 bits per heavy atom. The van der Waals surface area contributed by atoms with E-state index in [1.165, 1.54) is 0 Å². The molecule has 0 atom stereocenters. The fourth-order valence-electron chi connectivity index (χ4n) is 1.78. The minimum absolute atomic E-state index is 0.0646. The predicted octanol–water partition coefficient (Wildman–Crippen LogP) is 2.44. The van der Waals surface area contributed by atoms with Crippen molar-refractivity contribution in [3.05, 3.63) is 59.7 Å². The van der Waals surface area contributed by atoms with Crippen molar-refractivity contribution in [1.82, 2.24) is 0 Å². The Balaban J connectivity index is 2.04. The van der Waals surface area contributed by atoms with Crippen LogP contribution < -0.4 is 10.1 Å². The number of carbonyl (C=O) groups excluding carboxylic acids is 1. The molecule has 1 amide bonds. The zero-order chi connectivity index (χ0) is 15.1. The molecule has 21 heavy (non-hydrogen) atoms. The molecule has 0 aliphatic heterocycles. The Kier molecular flexibility index (Phi) is 4.97. The third-order valence-corrected chi connectivity index (χ3v) is 2.81. The highest BCUT2D eigenvalue weighted by atomic mass is 16.5. The van der Waals surface area contributed by atoms with Gasteiger partial charge in [-0.1, -0.05) is 18.1 Å². The number of amides is 1. The first-order valence-electron chi connectivity index (χ1n) is 6.40. The molecular formula is C17H15NO3. The van der Waals surface area contributed by atoms with Gasteiger partial charge in [-0.25, -0.2) is 0 Å². The van der Waals surface area contributed by atoms with Gasteiger partial charge in [0.2, 0.25) is 0 Å². The van der Waals surface area contributed by atoms with Crippen molar-refractivity contribution >= 4 is 11.6 Å². The smallest absolute Gasteiger partial charge is 0.255 e. The number of aliphatic hydroxyl groups is 1. The molecule has 0 radical (unpaired) electrons. The van der Waals surface area contributed by atoms with Crippen LogP contribution in [0, 0.1) is 12.3 Å². The minimum Gasteiger partial charge on any atom is -0.481 e. The van der Waals surface area contributed by atoms with E-state index in [1.54, 1.807) is 48.5 Å². The van der Waals surface area contributed by atoms with Gasteiger partial charge in [-0.05, 0) is 42.0 Å². The maximum absolute atomic E-state index is 12.1. The Bertz CT molecular complexity index is 656. The second-order valence-electron chi connectivity index (χ2n) is 4.33. The van der Waals surface area contributed by atoms with E-state index in [0.29, 0.717) is 17.0 Å². The number of hydrogen-bond donors (Lipinski definition) is 2. The average Bonchev–Trinajstić information content (AvgIpc) is 2.53. The van der Waals surface area contributed by atoms with Gasteiger partial charge >= 0.3 is 0 Å². The first kappa shape index (κ1) is 14.6. The summed E-state index contributed by atoms with van der Waals surface area (Å²) in [5.41, 5.74) is 1.89. The lowest BCUT2D eigenvalue weighted by atomic mass is 10.1. The monoisotopic (exact) mass is 281 g/mol. The van der Waals surface area contributed by atoms with Crippen LogP contribution in [-0.2, 0) is 6.61 Å². The van der Waals surface area contributed by atoms with E-state index in [9.17, 15) is 4.79 Å². The van der Waals surface area contributed by atoms with Crippen LogP contribution >= 0.6 is 0 Å². The molecule has 2 N–H and O–H groups in total. The zero-order valence-electron chi connectivity index (χ0n) is 11.4. The van der Waals surface area contributed by atoms with Crippen LogP contribution in [0.1, 0.15) is 15.9 Å². The van der Waals surface area contributed by atoms with Crippen LogP contribution in [0.25, 0.3) is 0 Å². The molecule has 0 bridgehead atoms. The minimum atomic E-state index is -0.228. The van der Waals surface area contributed by atoms with Crippen LogP contribution in [-0.4, -0.2) is 17.6 Å². The van der Waals surface area contributed by atoms with Crippen molar-refractivity contribution in [3.63, 3.8) is 0 Å². The van der Waals surface area contributed by atoms with Gasteiger partial charge in [0.15, 0.2) is 0 Å². The number of hydrogen-bond acceptors (Lipinski definition) is 3. The van der Waals surface area contributed by atoms with Crippen molar-refractivity contribution in [2.24, 2.45) is 0 Å². The van der Waals surface area contributed by atoms with E-state index in [1.807, 2.05) is 0 Å². The summed E-state index contributed by atoms with van der Waals surface area (Å²) in [5.74, 6) is 2.76. The molecule has 2 rings (SSSR count). The Morgan fingerprint density at radius 2 is 2.00 bits per heavy atom. The van der Waals surface area contributed by atoms with E-state index in [2.05, 4.69) is 11.2 Å². The highest BCUT2D eigenvalue weighted by Crippen LogP contribution is 2.15. The van der Waals surface area contributed by atoms with Crippen LogP contribution in [0.4, 0.5) is 5.69 Å². The molecule has 0 heterocycles. The molecular weight excluding hydrogens is 266 g/mol. The highest BCUT2D eigenvalue weighted by molar-refractivity contribution is 6.04. The molecule has 4 heteroatoms. The molecule has 0 aliphatic rings. The summed E-state index contributed by atoms with van der Waals surface area (Å²) in [4.78, 5) is 12.1. The first-order chi connectivity index (χ1) is 10.2. The normalized spacial score (nSPS) is 9.71. The summed E-state index contributed by atoms with van der Waals surface area (Å²) in [7, 11) is 0. The molecule has 0 spiro atoms.